The molecule has 0 saturated heterocycles. The molecule has 1 N–H and O–H groups in total. The quantitative estimate of drug-likeness (QED) is 0.747. The summed E-state index contributed by atoms with van der Waals surface area (Å²) in [6, 6.07) is 14.9. The van der Waals surface area contributed by atoms with Gasteiger partial charge in [0.2, 0.25) is 0 Å². The van der Waals surface area contributed by atoms with Crippen LogP contribution in [0.3, 0.4) is 0 Å². The van der Waals surface area contributed by atoms with Gasteiger partial charge in [-0.3, -0.25) is 9.59 Å². The van der Waals surface area contributed by atoms with Gasteiger partial charge in [0.15, 0.2) is 6.10 Å². The predicted octanol–water partition coefficient (Wildman–Crippen LogP) is 2.84. The minimum atomic E-state index is -0.912. The van der Waals surface area contributed by atoms with E-state index in [-0.39, 0.29) is 25.4 Å². The van der Waals surface area contributed by atoms with E-state index in [1.165, 1.54) is 19.1 Å². The van der Waals surface area contributed by atoms with Gasteiger partial charge in [-0.15, -0.1) is 0 Å². The van der Waals surface area contributed by atoms with E-state index in [0.29, 0.717) is 5.75 Å². The molecule has 2 aromatic carbocycles. The molecule has 2 aromatic rings. The van der Waals surface area contributed by atoms with E-state index in [0.717, 1.165) is 5.56 Å². The Hall–Kier alpha value is -2.89. The third kappa shape index (κ3) is 6.63. The van der Waals surface area contributed by atoms with Gasteiger partial charge in [0.1, 0.15) is 11.6 Å². The number of nitrogens with one attached hydrogen (secondary N) is 1. The van der Waals surface area contributed by atoms with Gasteiger partial charge in [0.25, 0.3) is 5.91 Å². The normalized spacial score (nSPS) is 11.4. The number of para-hydroxylation sites is 1. The van der Waals surface area contributed by atoms with Crippen molar-refractivity contribution in [2.75, 3.05) is 6.61 Å². The molecule has 0 heterocycles. The van der Waals surface area contributed by atoms with Crippen LogP contribution in [0.1, 0.15) is 18.9 Å². The number of rotatable bonds is 8. The van der Waals surface area contributed by atoms with E-state index >= 15 is 0 Å². The maximum Gasteiger partial charge on any atom is 0.310 e. The Labute approximate surface area is 145 Å². The van der Waals surface area contributed by atoms with Gasteiger partial charge in [-0.1, -0.05) is 30.3 Å². The summed E-state index contributed by atoms with van der Waals surface area (Å²) in [6.45, 7) is 1.90. The maximum absolute atomic E-state index is 12.8. The number of hydrogen-bond acceptors (Lipinski definition) is 4. The highest BCUT2D eigenvalue weighted by atomic mass is 19.1. The van der Waals surface area contributed by atoms with Crippen LogP contribution < -0.4 is 10.1 Å². The fourth-order valence-corrected chi connectivity index (χ4v) is 2.01. The molecule has 0 fully saturated rings. The Morgan fingerprint density at radius 1 is 1.08 bits per heavy atom. The van der Waals surface area contributed by atoms with E-state index in [9.17, 15) is 14.0 Å². The lowest BCUT2D eigenvalue weighted by atomic mass is 10.2. The second kappa shape index (κ2) is 9.42. The summed E-state index contributed by atoms with van der Waals surface area (Å²) in [7, 11) is 0. The molecule has 0 spiro atoms. The second-order valence-corrected chi connectivity index (χ2v) is 5.39. The molecule has 1 atom stereocenters. The number of amides is 1. The molecule has 132 valence electrons. The number of carbonyl (C=O) groups excluding carboxylic acids is 2. The Morgan fingerprint density at radius 3 is 2.44 bits per heavy atom. The molecule has 0 aliphatic rings. The molecule has 6 heteroatoms. The highest BCUT2D eigenvalue weighted by Crippen LogP contribution is 2.09. The summed E-state index contributed by atoms with van der Waals surface area (Å²) < 4.78 is 23.3. The molecule has 25 heavy (non-hydrogen) atoms. The minimum Gasteiger partial charge on any atom is -0.493 e. The number of ether oxygens (including phenoxy) is 2. The number of benzene rings is 2. The fraction of sp³-hybridized carbons (Fsp3) is 0.263. The molecule has 0 radical (unpaired) electrons. The molecule has 1 amide bonds. The molecule has 0 bridgehead atoms. The summed E-state index contributed by atoms with van der Waals surface area (Å²) in [4.78, 5) is 23.7. The van der Waals surface area contributed by atoms with Gasteiger partial charge < -0.3 is 14.8 Å². The van der Waals surface area contributed by atoms with Crippen LogP contribution in [-0.4, -0.2) is 24.6 Å². The average Bonchev–Trinajstić information content (AvgIpc) is 2.61. The van der Waals surface area contributed by atoms with Gasteiger partial charge in [-0.05, 0) is 36.8 Å². The zero-order chi connectivity index (χ0) is 18.1. The molecule has 0 saturated carbocycles. The smallest absolute Gasteiger partial charge is 0.310 e. The van der Waals surface area contributed by atoms with Gasteiger partial charge in [-0.2, -0.15) is 0 Å². The van der Waals surface area contributed by atoms with E-state index in [1.54, 1.807) is 24.3 Å². The van der Waals surface area contributed by atoms with E-state index in [2.05, 4.69) is 5.32 Å². The maximum atomic E-state index is 12.8. The number of esters is 1. The third-order valence-corrected chi connectivity index (χ3v) is 3.38. The van der Waals surface area contributed by atoms with Crippen LogP contribution in [0.15, 0.2) is 54.6 Å². The zero-order valence-corrected chi connectivity index (χ0v) is 13.9. The van der Waals surface area contributed by atoms with Gasteiger partial charge in [0.05, 0.1) is 13.0 Å². The Morgan fingerprint density at radius 2 is 1.76 bits per heavy atom. The van der Waals surface area contributed by atoms with Crippen molar-refractivity contribution in [2.24, 2.45) is 0 Å². The molecule has 0 aliphatic heterocycles. The molecule has 1 unspecified atom stereocenters. The first-order valence-corrected chi connectivity index (χ1v) is 7.94. The molecule has 0 aliphatic carbocycles. The summed E-state index contributed by atoms with van der Waals surface area (Å²) >= 11 is 0. The van der Waals surface area contributed by atoms with Crippen molar-refractivity contribution in [1.82, 2.24) is 5.32 Å². The van der Waals surface area contributed by atoms with Crippen molar-refractivity contribution in [2.45, 2.75) is 26.0 Å². The molecular weight excluding hydrogens is 325 g/mol. The van der Waals surface area contributed by atoms with E-state index in [1.807, 2.05) is 18.2 Å². The third-order valence-electron chi connectivity index (χ3n) is 3.38. The van der Waals surface area contributed by atoms with Crippen LogP contribution in [0.2, 0.25) is 0 Å². The van der Waals surface area contributed by atoms with E-state index < -0.39 is 18.0 Å². The van der Waals surface area contributed by atoms with Crippen LogP contribution in [0.4, 0.5) is 4.39 Å². The van der Waals surface area contributed by atoms with Crippen molar-refractivity contribution >= 4 is 11.9 Å². The summed E-state index contributed by atoms with van der Waals surface area (Å²) in [6.07, 6.45) is -0.866. The van der Waals surface area contributed by atoms with Gasteiger partial charge >= 0.3 is 5.97 Å². The first-order valence-electron chi connectivity index (χ1n) is 7.94. The highest BCUT2D eigenvalue weighted by molar-refractivity contribution is 5.83. The van der Waals surface area contributed by atoms with Gasteiger partial charge in [-0.25, -0.2) is 4.39 Å². The van der Waals surface area contributed by atoms with Crippen molar-refractivity contribution < 1.29 is 23.5 Å². The lowest BCUT2D eigenvalue weighted by molar-refractivity contribution is -0.155. The topological polar surface area (TPSA) is 64.6 Å². The van der Waals surface area contributed by atoms with Gasteiger partial charge in [0, 0.05) is 6.54 Å². The SMILES string of the molecule is CC(OC(=O)CCOc1ccccc1)C(=O)NCc1ccc(F)cc1. The highest BCUT2D eigenvalue weighted by Gasteiger charge is 2.17. The number of carbonyl (C=O) groups is 2. The molecule has 0 aromatic heterocycles. The standard InChI is InChI=1S/C19H20FNO4/c1-14(19(23)21-13-15-7-9-16(20)10-8-15)25-18(22)11-12-24-17-5-3-2-4-6-17/h2-10,14H,11-13H2,1H3,(H,21,23). The lowest BCUT2D eigenvalue weighted by Crippen LogP contribution is -2.35. The first kappa shape index (κ1) is 18.4. The fourth-order valence-electron chi connectivity index (χ4n) is 2.01. The van der Waals surface area contributed by atoms with Crippen molar-refractivity contribution in [1.29, 1.82) is 0 Å². The second-order valence-electron chi connectivity index (χ2n) is 5.39. The molecular formula is C19H20FNO4. The monoisotopic (exact) mass is 345 g/mol. The largest absolute Gasteiger partial charge is 0.493 e. The van der Waals surface area contributed by atoms with Crippen molar-refractivity contribution in [3.05, 3.63) is 66.0 Å². The predicted molar refractivity (Wildman–Crippen MR) is 90.4 cm³/mol. The average molecular weight is 345 g/mol. The van der Waals surface area contributed by atoms with Crippen LogP contribution in [0, 0.1) is 5.82 Å². The summed E-state index contributed by atoms with van der Waals surface area (Å²) in [5.41, 5.74) is 0.754. The molecule has 2 rings (SSSR count). The summed E-state index contributed by atoms with van der Waals surface area (Å²) in [5.74, 6) is -0.600. The Kier molecular flexibility index (Phi) is 6.95. The first-order chi connectivity index (χ1) is 12.0. The summed E-state index contributed by atoms with van der Waals surface area (Å²) in [5, 5.41) is 2.64. The number of hydrogen-bond donors (Lipinski definition) is 1. The molecule has 5 nitrogen and oxygen atoms in total. The van der Waals surface area contributed by atoms with Crippen LogP contribution in [0.25, 0.3) is 0 Å². The zero-order valence-electron chi connectivity index (χ0n) is 13.9. The van der Waals surface area contributed by atoms with Crippen LogP contribution in [0.5, 0.6) is 5.75 Å². The number of halogens is 1. The minimum absolute atomic E-state index is 0.0461. The van der Waals surface area contributed by atoms with Crippen LogP contribution >= 0.6 is 0 Å². The van der Waals surface area contributed by atoms with Crippen LogP contribution in [-0.2, 0) is 20.9 Å². The Bertz CT molecular complexity index is 688. The Balaban J connectivity index is 1.67. The van der Waals surface area contributed by atoms with Crippen molar-refractivity contribution in [3.63, 3.8) is 0 Å². The van der Waals surface area contributed by atoms with E-state index in [4.69, 9.17) is 9.47 Å². The van der Waals surface area contributed by atoms with Crippen molar-refractivity contribution in [3.8, 4) is 5.75 Å². The lowest BCUT2D eigenvalue weighted by Gasteiger charge is -2.14.